The maximum absolute atomic E-state index is 12.6. The number of amides is 1. The largest absolute Gasteiger partial charge is 0.337 e. The molecule has 128 valence electrons. The quantitative estimate of drug-likeness (QED) is 0.838. The molecule has 0 unspecified atom stereocenters. The normalized spacial score (nSPS) is 17.0. The molecule has 5 nitrogen and oxygen atoms in total. The molecule has 1 aliphatic heterocycles. The van der Waals surface area contributed by atoms with Gasteiger partial charge in [0.2, 0.25) is 10.0 Å². The second kappa shape index (κ2) is 6.22. The summed E-state index contributed by atoms with van der Waals surface area (Å²) < 4.78 is 25.4. The number of hydrogen-bond donors (Lipinski definition) is 0. The molecule has 0 saturated heterocycles. The van der Waals surface area contributed by atoms with Crippen molar-refractivity contribution < 1.29 is 13.2 Å². The number of thiophene rings is 1. The van der Waals surface area contributed by atoms with E-state index in [1.165, 1.54) is 10.6 Å². The molecule has 3 rings (SSSR count). The molecule has 0 radical (unpaired) electrons. The lowest BCUT2D eigenvalue weighted by atomic mass is 10.1. The number of carbonyl (C=O) groups excluding carboxylic acids is 1. The standard InChI is InChI=1S/C17H20N2O3S2/c1-12-8-15-9-14(4-5-16(15)19(12)24(3,21)22)17(20)18(2)10-13-6-7-23-11-13/h4-7,9,11-12H,8,10H2,1-3H3/t12-/m0/s1. The van der Waals surface area contributed by atoms with Gasteiger partial charge >= 0.3 is 0 Å². The summed E-state index contributed by atoms with van der Waals surface area (Å²) in [5.41, 5.74) is 3.28. The van der Waals surface area contributed by atoms with Gasteiger partial charge in [0.25, 0.3) is 5.91 Å². The van der Waals surface area contributed by atoms with Gasteiger partial charge in [0.1, 0.15) is 0 Å². The third kappa shape index (κ3) is 3.18. The Bertz CT molecular complexity index is 860. The summed E-state index contributed by atoms with van der Waals surface area (Å²) in [7, 11) is -1.53. The first-order valence-electron chi connectivity index (χ1n) is 7.66. The first-order valence-corrected chi connectivity index (χ1v) is 10.5. The zero-order valence-corrected chi connectivity index (χ0v) is 15.5. The van der Waals surface area contributed by atoms with Gasteiger partial charge in [-0.05, 0) is 59.5 Å². The lowest BCUT2D eigenvalue weighted by molar-refractivity contribution is 0.0785. The van der Waals surface area contributed by atoms with Crippen LogP contribution in [0.4, 0.5) is 5.69 Å². The van der Waals surface area contributed by atoms with E-state index in [0.717, 1.165) is 11.1 Å². The summed E-state index contributed by atoms with van der Waals surface area (Å²) >= 11 is 1.61. The molecule has 1 aromatic heterocycles. The SMILES string of the molecule is C[C@H]1Cc2cc(C(=O)N(C)Cc3ccsc3)ccc2N1S(C)(=O)=O. The smallest absolute Gasteiger partial charge is 0.253 e. The topological polar surface area (TPSA) is 57.7 Å². The van der Waals surface area contributed by atoms with E-state index in [1.807, 2.05) is 29.8 Å². The Balaban J connectivity index is 1.84. The molecule has 1 aliphatic rings. The van der Waals surface area contributed by atoms with Crippen LogP contribution in [0.3, 0.4) is 0 Å². The molecule has 1 atom stereocenters. The highest BCUT2D eigenvalue weighted by Gasteiger charge is 2.33. The van der Waals surface area contributed by atoms with E-state index in [2.05, 4.69) is 0 Å². The fourth-order valence-electron chi connectivity index (χ4n) is 3.19. The van der Waals surface area contributed by atoms with E-state index in [4.69, 9.17) is 0 Å². The Morgan fingerprint density at radius 1 is 1.38 bits per heavy atom. The molecular formula is C17H20N2O3S2. The minimum Gasteiger partial charge on any atom is -0.337 e. The maximum Gasteiger partial charge on any atom is 0.253 e. The van der Waals surface area contributed by atoms with Crippen LogP contribution >= 0.6 is 11.3 Å². The van der Waals surface area contributed by atoms with Crippen LogP contribution in [0.5, 0.6) is 0 Å². The number of carbonyl (C=O) groups is 1. The molecule has 0 N–H and O–H groups in total. The average Bonchev–Trinajstić information content (AvgIpc) is 3.10. The Labute approximate surface area is 146 Å². The van der Waals surface area contributed by atoms with Crippen molar-refractivity contribution in [1.29, 1.82) is 0 Å². The number of benzene rings is 1. The van der Waals surface area contributed by atoms with Crippen LogP contribution in [0.25, 0.3) is 0 Å². The fraction of sp³-hybridized carbons (Fsp3) is 0.353. The Kier molecular flexibility index (Phi) is 4.40. The molecule has 24 heavy (non-hydrogen) atoms. The monoisotopic (exact) mass is 364 g/mol. The number of anilines is 1. The molecule has 0 saturated carbocycles. The minimum absolute atomic E-state index is 0.0607. The van der Waals surface area contributed by atoms with Crippen LogP contribution < -0.4 is 4.31 Å². The van der Waals surface area contributed by atoms with Gasteiger partial charge in [-0.2, -0.15) is 11.3 Å². The highest BCUT2D eigenvalue weighted by molar-refractivity contribution is 7.92. The van der Waals surface area contributed by atoms with Gasteiger partial charge in [-0.3, -0.25) is 9.10 Å². The summed E-state index contributed by atoms with van der Waals surface area (Å²) in [6.45, 7) is 2.44. The molecule has 1 aromatic carbocycles. The van der Waals surface area contributed by atoms with Gasteiger partial charge in [-0.1, -0.05) is 0 Å². The fourth-order valence-corrected chi connectivity index (χ4v) is 5.11. The number of sulfonamides is 1. The van der Waals surface area contributed by atoms with Crippen molar-refractivity contribution in [3.05, 3.63) is 51.7 Å². The third-order valence-corrected chi connectivity index (χ3v) is 6.19. The van der Waals surface area contributed by atoms with Crippen LogP contribution in [0, 0.1) is 0 Å². The highest BCUT2D eigenvalue weighted by Crippen LogP contribution is 2.34. The minimum atomic E-state index is -3.31. The van der Waals surface area contributed by atoms with Gasteiger partial charge < -0.3 is 4.90 Å². The summed E-state index contributed by atoms with van der Waals surface area (Å²) in [6.07, 6.45) is 1.84. The predicted octanol–water partition coefficient (Wildman–Crippen LogP) is 2.73. The first-order chi connectivity index (χ1) is 11.3. The number of hydrogen-bond acceptors (Lipinski definition) is 4. The number of fused-ring (bicyclic) bond motifs is 1. The van der Waals surface area contributed by atoms with E-state index in [0.29, 0.717) is 24.2 Å². The summed E-state index contributed by atoms with van der Waals surface area (Å²) in [6, 6.07) is 7.16. The zero-order chi connectivity index (χ0) is 17.5. The van der Waals surface area contributed by atoms with E-state index in [1.54, 1.807) is 35.4 Å². The molecule has 1 amide bonds. The van der Waals surface area contributed by atoms with Crippen LogP contribution in [-0.4, -0.2) is 38.6 Å². The Hall–Kier alpha value is -1.86. The molecular weight excluding hydrogens is 344 g/mol. The van der Waals surface area contributed by atoms with Crippen LogP contribution in [-0.2, 0) is 23.0 Å². The maximum atomic E-state index is 12.6. The van der Waals surface area contributed by atoms with E-state index < -0.39 is 10.0 Å². The van der Waals surface area contributed by atoms with Crippen molar-refractivity contribution in [2.24, 2.45) is 0 Å². The van der Waals surface area contributed by atoms with Crippen molar-refractivity contribution in [1.82, 2.24) is 4.90 Å². The van der Waals surface area contributed by atoms with Crippen molar-refractivity contribution >= 4 is 33.0 Å². The number of nitrogens with zero attached hydrogens (tertiary/aromatic N) is 2. The van der Waals surface area contributed by atoms with E-state index >= 15 is 0 Å². The van der Waals surface area contributed by atoms with Crippen molar-refractivity contribution in [3.8, 4) is 0 Å². The Morgan fingerprint density at radius 2 is 2.12 bits per heavy atom. The van der Waals surface area contributed by atoms with Crippen molar-refractivity contribution in [2.75, 3.05) is 17.6 Å². The van der Waals surface area contributed by atoms with Gasteiger partial charge in [-0.15, -0.1) is 0 Å². The van der Waals surface area contributed by atoms with Crippen molar-refractivity contribution in [2.45, 2.75) is 25.9 Å². The first kappa shape index (κ1) is 17.0. The second-order valence-corrected chi connectivity index (χ2v) is 8.89. The third-order valence-electron chi connectivity index (χ3n) is 4.18. The summed E-state index contributed by atoms with van der Waals surface area (Å²) in [5.74, 6) is -0.0607. The molecule has 0 bridgehead atoms. The van der Waals surface area contributed by atoms with Gasteiger partial charge in [0.15, 0.2) is 0 Å². The van der Waals surface area contributed by atoms with E-state index in [9.17, 15) is 13.2 Å². The lowest BCUT2D eigenvalue weighted by Gasteiger charge is -2.22. The van der Waals surface area contributed by atoms with Crippen LogP contribution in [0.1, 0.15) is 28.4 Å². The molecule has 2 aromatic rings. The molecule has 7 heteroatoms. The highest BCUT2D eigenvalue weighted by atomic mass is 32.2. The molecule has 0 spiro atoms. The lowest BCUT2D eigenvalue weighted by Crippen LogP contribution is -2.34. The molecule has 0 aliphatic carbocycles. The van der Waals surface area contributed by atoms with E-state index in [-0.39, 0.29) is 11.9 Å². The number of rotatable bonds is 4. The van der Waals surface area contributed by atoms with Gasteiger partial charge in [0.05, 0.1) is 11.9 Å². The van der Waals surface area contributed by atoms with Crippen LogP contribution in [0.2, 0.25) is 0 Å². The molecule has 2 heterocycles. The van der Waals surface area contributed by atoms with Crippen LogP contribution in [0.15, 0.2) is 35.0 Å². The zero-order valence-electron chi connectivity index (χ0n) is 13.9. The van der Waals surface area contributed by atoms with Crippen molar-refractivity contribution in [3.63, 3.8) is 0 Å². The Morgan fingerprint density at radius 3 is 2.75 bits per heavy atom. The summed E-state index contributed by atoms with van der Waals surface area (Å²) in [5, 5.41) is 4.02. The van der Waals surface area contributed by atoms with Gasteiger partial charge in [-0.25, -0.2) is 8.42 Å². The average molecular weight is 364 g/mol. The molecule has 0 fully saturated rings. The summed E-state index contributed by atoms with van der Waals surface area (Å²) in [4.78, 5) is 14.3. The van der Waals surface area contributed by atoms with Gasteiger partial charge in [0, 0.05) is 25.2 Å². The predicted molar refractivity (Wildman–Crippen MR) is 97.0 cm³/mol. The second-order valence-electron chi connectivity index (χ2n) is 6.25.